The van der Waals surface area contributed by atoms with Gasteiger partial charge >= 0.3 is 0 Å². The van der Waals surface area contributed by atoms with Crippen molar-refractivity contribution in [2.75, 3.05) is 6.54 Å². The zero-order chi connectivity index (χ0) is 16.1. The molecular weight excluding hydrogens is 254 g/mol. The molecule has 0 heterocycles. The van der Waals surface area contributed by atoms with E-state index >= 15 is 0 Å². The molecule has 0 aliphatic heterocycles. The number of hydrogen-bond donors (Lipinski definition) is 1. The highest BCUT2D eigenvalue weighted by molar-refractivity contribution is 5.28. The minimum absolute atomic E-state index is 0.241. The fourth-order valence-corrected chi connectivity index (χ4v) is 2.91. The van der Waals surface area contributed by atoms with Gasteiger partial charge in [0.2, 0.25) is 0 Å². The van der Waals surface area contributed by atoms with Crippen molar-refractivity contribution in [3.63, 3.8) is 0 Å². The predicted octanol–water partition coefficient (Wildman–Crippen LogP) is 5.33. The van der Waals surface area contributed by atoms with Crippen LogP contribution in [0.15, 0.2) is 24.3 Å². The summed E-state index contributed by atoms with van der Waals surface area (Å²) < 4.78 is 0. The SMILES string of the molecule is CCCC(C)(CNC(C)C)Cc1ccc(C(C)(C)C)cc1. The van der Waals surface area contributed by atoms with Crippen molar-refractivity contribution in [2.24, 2.45) is 5.41 Å². The predicted molar refractivity (Wildman–Crippen MR) is 95.0 cm³/mol. The van der Waals surface area contributed by atoms with Crippen LogP contribution in [0.25, 0.3) is 0 Å². The van der Waals surface area contributed by atoms with Gasteiger partial charge in [-0.1, -0.05) is 79.2 Å². The minimum Gasteiger partial charge on any atom is -0.314 e. The van der Waals surface area contributed by atoms with Crippen molar-refractivity contribution in [1.82, 2.24) is 5.32 Å². The van der Waals surface area contributed by atoms with Gasteiger partial charge in [-0.05, 0) is 34.8 Å². The molecule has 0 spiro atoms. The first-order valence-electron chi connectivity index (χ1n) is 8.49. The zero-order valence-corrected chi connectivity index (χ0v) is 15.2. The first-order valence-corrected chi connectivity index (χ1v) is 8.49. The van der Waals surface area contributed by atoms with Gasteiger partial charge in [0.15, 0.2) is 0 Å². The van der Waals surface area contributed by atoms with E-state index in [0.717, 1.165) is 13.0 Å². The normalized spacial score (nSPS) is 15.2. The Labute approximate surface area is 132 Å². The molecule has 0 aliphatic carbocycles. The van der Waals surface area contributed by atoms with Crippen LogP contribution in [-0.2, 0) is 11.8 Å². The summed E-state index contributed by atoms with van der Waals surface area (Å²) in [7, 11) is 0. The van der Waals surface area contributed by atoms with Crippen LogP contribution in [0.2, 0.25) is 0 Å². The van der Waals surface area contributed by atoms with Crippen LogP contribution in [0, 0.1) is 5.41 Å². The first kappa shape index (κ1) is 18.2. The van der Waals surface area contributed by atoms with Crippen LogP contribution >= 0.6 is 0 Å². The maximum atomic E-state index is 3.63. The van der Waals surface area contributed by atoms with Crippen LogP contribution in [-0.4, -0.2) is 12.6 Å². The van der Waals surface area contributed by atoms with Gasteiger partial charge in [0.25, 0.3) is 0 Å². The van der Waals surface area contributed by atoms with Crippen LogP contribution in [0.3, 0.4) is 0 Å². The summed E-state index contributed by atoms with van der Waals surface area (Å²) in [4.78, 5) is 0. The highest BCUT2D eigenvalue weighted by Gasteiger charge is 2.24. The molecule has 0 aliphatic rings. The molecule has 0 aromatic heterocycles. The van der Waals surface area contributed by atoms with Crippen molar-refractivity contribution in [1.29, 1.82) is 0 Å². The molecule has 0 saturated heterocycles. The second kappa shape index (κ2) is 7.45. The molecule has 0 bridgehead atoms. The highest BCUT2D eigenvalue weighted by atomic mass is 14.9. The quantitative estimate of drug-likeness (QED) is 0.715. The number of nitrogens with one attached hydrogen (secondary N) is 1. The molecule has 0 fully saturated rings. The Balaban J connectivity index is 2.79. The summed E-state index contributed by atoms with van der Waals surface area (Å²) >= 11 is 0. The molecule has 1 heteroatoms. The highest BCUT2D eigenvalue weighted by Crippen LogP contribution is 2.29. The van der Waals surface area contributed by atoms with E-state index in [0.29, 0.717) is 11.5 Å². The molecule has 1 N–H and O–H groups in total. The van der Waals surface area contributed by atoms with E-state index in [4.69, 9.17) is 0 Å². The van der Waals surface area contributed by atoms with E-state index in [-0.39, 0.29) is 5.41 Å². The van der Waals surface area contributed by atoms with E-state index < -0.39 is 0 Å². The van der Waals surface area contributed by atoms with E-state index in [1.54, 1.807) is 0 Å². The molecule has 21 heavy (non-hydrogen) atoms. The lowest BCUT2D eigenvalue weighted by Crippen LogP contribution is -2.37. The van der Waals surface area contributed by atoms with Gasteiger partial charge in [-0.15, -0.1) is 0 Å². The van der Waals surface area contributed by atoms with Crippen molar-refractivity contribution in [3.8, 4) is 0 Å². The standard InChI is InChI=1S/C20H35N/c1-8-13-20(7,15-21-16(2)3)14-17-9-11-18(12-10-17)19(4,5)6/h9-12,16,21H,8,13-15H2,1-7H3. The Morgan fingerprint density at radius 2 is 1.57 bits per heavy atom. The molecular formula is C20H35N. The van der Waals surface area contributed by atoms with Gasteiger partial charge in [0, 0.05) is 12.6 Å². The molecule has 1 nitrogen and oxygen atoms in total. The van der Waals surface area contributed by atoms with Gasteiger partial charge in [-0.2, -0.15) is 0 Å². The largest absolute Gasteiger partial charge is 0.314 e. The fraction of sp³-hybridized carbons (Fsp3) is 0.700. The summed E-state index contributed by atoms with van der Waals surface area (Å²) in [6.07, 6.45) is 3.68. The molecule has 1 aromatic rings. The van der Waals surface area contributed by atoms with Gasteiger partial charge in [0.1, 0.15) is 0 Å². The lowest BCUT2D eigenvalue weighted by Gasteiger charge is -2.31. The maximum absolute atomic E-state index is 3.63. The number of hydrogen-bond acceptors (Lipinski definition) is 1. The third-order valence-corrected chi connectivity index (χ3v) is 4.24. The van der Waals surface area contributed by atoms with Crippen LogP contribution in [0.4, 0.5) is 0 Å². The van der Waals surface area contributed by atoms with E-state index in [9.17, 15) is 0 Å². The molecule has 1 unspecified atom stereocenters. The van der Waals surface area contributed by atoms with Crippen LogP contribution in [0.5, 0.6) is 0 Å². The van der Waals surface area contributed by atoms with Gasteiger partial charge in [-0.25, -0.2) is 0 Å². The number of benzene rings is 1. The van der Waals surface area contributed by atoms with Crippen LogP contribution < -0.4 is 5.32 Å². The summed E-state index contributed by atoms with van der Waals surface area (Å²) in [5, 5.41) is 3.63. The smallest absolute Gasteiger partial charge is 0.00107 e. The first-order chi connectivity index (χ1) is 9.66. The van der Waals surface area contributed by atoms with Gasteiger partial charge in [-0.3, -0.25) is 0 Å². The number of rotatable bonds is 7. The Morgan fingerprint density at radius 3 is 2.00 bits per heavy atom. The zero-order valence-electron chi connectivity index (χ0n) is 15.2. The molecule has 0 saturated carbocycles. The third-order valence-electron chi connectivity index (χ3n) is 4.24. The maximum Gasteiger partial charge on any atom is 0.00107 e. The van der Waals surface area contributed by atoms with Crippen molar-refractivity contribution in [2.45, 2.75) is 79.2 Å². The third kappa shape index (κ3) is 6.22. The van der Waals surface area contributed by atoms with Crippen molar-refractivity contribution < 1.29 is 0 Å². The summed E-state index contributed by atoms with van der Waals surface area (Å²) in [5.41, 5.74) is 3.47. The summed E-state index contributed by atoms with van der Waals surface area (Å²) in [5.74, 6) is 0. The van der Waals surface area contributed by atoms with Crippen LogP contribution in [0.1, 0.15) is 72.4 Å². The molecule has 0 radical (unpaired) electrons. The average molecular weight is 290 g/mol. The van der Waals surface area contributed by atoms with Gasteiger partial charge < -0.3 is 5.32 Å². The molecule has 1 atom stereocenters. The molecule has 1 rings (SSSR count). The molecule has 0 amide bonds. The van der Waals surface area contributed by atoms with E-state index in [2.05, 4.69) is 78.0 Å². The lowest BCUT2D eigenvalue weighted by molar-refractivity contribution is 0.267. The average Bonchev–Trinajstić information content (AvgIpc) is 2.36. The monoisotopic (exact) mass is 289 g/mol. The second-order valence-corrected chi connectivity index (χ2v) is 8.22. The van der Waals surface area contributed by atoms with Crippen molar-refractivity contribution in [3.05, 3.63) is 35.4 Å². The second-order valence-electron chi connectivity index (χ2n) is 8.22. The topological polar surface area (TPSA) is 12.0 Å². The Bertz CT molecular complexity index is 410. The summed E-state index contributed by atoms with van der Waals surface area (Å²) in [6.45, 7) is 17.1. The minimum atomic E-state index is 0.241. The van der Waals surface area contributed by atoms with E-state index in [1.165, 1.54) is 24.0 Å². The molecule has 1 aromatic carbocycles. The fourth-order valence-electron chi connectivity index (χ4n) is 2.91. The van der Waals surface area contributed by atoms with Gasteiger partial charge in [0.05, 0.1) is 0 Å². The van der Waals surface area contributed by atoms with Crippen molar-refractivity contribution >= 4 is 0 Å². The Kier molecular flexibility index (Phi) is 6.46. The molecule has 120 valence electrons. The summed E-state index contributed by atoms with van der Waals surface area (Å²) in [6, 6.07) is 9.81. The Hall–Kier alpha value is -0.820. The Morgan fingerprint density at radius 1 is 1.00 bits per heavy atom. The van der Waals surface area contributed by atoms with E-state index in [1.807, 2.05) is 0 Å². The lowest BCUT2D eigenvalue weighted by atomic mass is 9.78.